The molecule has 0 atom stereocenters. The van der Waals surface area contributed by atoms with Crippen molar-refractivity contribution in [3.63, 3.8) is 0 Å². The van der Waals surface area contributed by atoms with Gasteiger partial charge in [0.25, 0.3) is 0 Å². The third-order valence-electron chi connectivity index (χ3n) is 2.37. The minimum atomic E-state index is -0.240. The van der Waals surface area contributed by atoms with Crippen molar-refractivity contribution in [2.24, 2.45) is 0 Å². The molecule has 1 N–H and O–H groups in total. The molecular formula is C8H15NO5. The number of hydrogen-bond acceptors (Lipinski definition) is 6. The Labute approximate surface area is 82.3 Å². The molecule has 14 heavy (non-hydrogen) atoms. The number of fused-ring (bicyclic) bond motifs is 1. The van der Waals surface area contributed by atoms with Crippen LogP contribution in [0, 0.1) is 0 Å². The molecule has 0 bridgehead atoms. The topological polar surface area (TPSA) is 68.2 Å². The van der Waals surface area contributed by atoms with E-state index >= 15 is 0 Å². The molecule has 6 nitrogen and oxygen atoms in total. The van der Waals surface area contributed by atoms with E-state index in [-0.39, 0.29) is 12.3 Å². The first-order chi connectivity index (χ1) is 6.87. The second kappa shape index (κ2) is 5.38. The van der Waals surface area contributed by atoms with Crippen LogP contribution in [0.15, 0.2) is 0 Å². The number of carbonyl (C=O) groups is 1. The summed E-state index contributed by atoms with van der Waals surface area (Å²) in [4.78, 5) is 10.1. The lowest BCUT2D eigenvalue weighted by atomic mass is 10.0. The van der Waals surface area contributed by atoms with Crippen molar-refractivity contribution in [3.05, 3.63) is 0 Å². The molecule has 0 aliphatic carbocycles. The van der Waals surface area contributed by atoms with Crippen LogP contribution >= 0.6 is 0 Å². The summed E-state index contributed by atoms with van der Waals surface area (Å²) >= 11 is 0. The lowest BCUT2D eigenvalue weighted by molar-refractivity contribution is -0.0979. The predicted octanol–water partition coefficient (Wildman–Crippen LogP) is -1.22. The van der Waals surface area contributed by atoms with Crippen LogP contribution < -0.4 is 0 Å². The summed E-state index contributed by atoms with van der Waals surface area (Å²) in [6.45, 7) is 4.71. The van der Waals surface area contributed by atoms with Gasteiger partial charge in [0, 0.05) is 0 Å². The molecule has 82 valence electrons. The van der Waals surface area contributed by atoms with E-state index in [1.165, 1.54) is 0 Å². The molecule has 2 saturated heterocycles. The Balaban J connectivity index is 0.000000461. The fourth-order valence-corrected chi connectivity index (χ4v) is 1.64. The monoisotopic (exact) mass is 205 g/mol. The van der Waals surface area contributed by atoms with Gasteiger partial charge in [0.05, 0.1) is 25.4 Å². The van der Waals surface area contributed by atoms with E-state index in [2.05, 4.69) is 4.90 Å². The standard InChI is InChI=1S/C7H13NO4.CH2O/c9-6-12-3-7-1-10-4-8(7)5-11-2-7;1-2/h9H,1-6H2;1H2. The third-order valence-corrected chi connectivity index (χ3v) is 2.37. The highest BCUT2D eigenvalue weighted by atomic mass is 16.6. The van der Waals surface area contributed by atoms with Crippen molar-refractivity contribution in [2.75, 3.05) is 40.1 Å². The Kier molecular flexibility index (Phi) is 4.43. The average molecular weight is 205 g/mol. The molecule has 0 saturated carbocycles. The van der Waals surface area contributed by atoms with Crippen LogP contribution in [0.5, 0.6) is 0 Å². The van der Waals surface area contributed by atoms with Crippen LogP contribution in [0.4, 0.5) is 0 Å². The molecule has 2 heterocycles. The van der Waals surface area contributed by atoms with Crippen LogP contribution in [0.25, 0.3) is 0 Å². The van der Waals surface area contributed by atoms with Gasteiger partial charge in [0.2, 0.25) is 0 Å². The molecule has 0 unspecified atom stereocenters. The minimum absolute atomic E-state index is 0.136. The van der Waals surface area contributed by atoms with Gasteiger partial charge >= 0.3 is 0 Å². The van der Waals surface area contributed by atoms with Gasteiger partial charge < -0.3 is 24.1 Å². The van der Waals surface area contributed by atoms with E-state index in [0.717, 1.165) is 0 Å². The Hall–Kier alpha value is -0.530. The zero-order chi connectivity index (χ0) is 10.4. The maximum atomic E-state index is 8.52. The van der Waals surface area contributed by atoms with Crippen LogP contribution in [0.1, 0.15) is 0 Å². The molecule has 0 aromatic rings. The fraction of sp³-hybridized carbons (Fsp3) is 0.875. The first kappa shape index (κ1) is 11.5. The number of ether oxygens (including phenoxy) is 3. The average Bonchev–Trinajstić information content (AvgIpc) is 2.76. The van der Waals surface area contributed by atoms with Crippen molar-refractivity contribution in [2.45, 2.75) is 5.54 Å². The molecule has 2 aliphatic heterocycles. The van der Waals surface area contributed by atoms with E-state index < -0.39 is 0 Å². The zero-order valence-corrected chi connectivity index (χ0v) is 7.98. The van der Waals surface area contributed by atoms with Gasteiger partial charge in [-0.3, -0.25) is 0 Å². The summed E-state index contributed by atoms with van der Waals surface area (Å²) in [7, 11) is 0. The quantitative estimate of drug-likeness (QED) is 0.583. The highest BCUT2D eigenvalue weighted by Crippen LogP contribution is 2.28. The SMILES string of the molecule is C=O.OCOCC12COCN1COC2. The predicted molar refractivity (Wildman–Crippen MR) is 46.4 cm³/mol. The molecule has 2 rings (SSSR count). The molecule has 0 amide bonds. The lowest BCUT2D eigenvalue weighted by Gasteiger charge is -2.26. The first-order valence-corrected chi connectivity index (χ1v) is 4.25. The zero-order valence-electron chi connectivity index (χ0n) is 7.98. The summed E-state index contributed by atoms with van der Waals surface area (Å²) in [6, 6.07) is 0. The lowest BCUT2D eigenvalue weighted by Crippen LogP contribution is -2.47. The Morgan fingerprint density at radius 3 is 2.43 bits per heavy atom. The largest absolute Gasteiger partial charge is 0.371 e. The highest BCUT2D eigenvalue weighted by molar-refractivity contribution is 5.11. The molecule has 2 aliphatic rings. The molecule has 6 heteroatoms. The van der Waals surface area contributed by atoms with E-state index in [9.17, 15) is 0 Å². The summed E-state index contributed by atoms with van der Waals surface area (Å²) in [5.41, 5.74) is -0.136. The second-order valence-electron chi connectivity index (χ2n) is 3.20. The molecule has 0 aromatic heterocycles. The number of hydrogen-bond donors (Lipinski definition) is 1. The van der Waals surface area contributed by atoms with Crippen LogP contribution in [0.2, 0.25) is 0 Å². The van der Waals surface area contributed by atoms with Gasteiger partial charge in [-0.2, -0.15) is 0 Å². The van der Waals surface area contributed by atoms with Gasteiger partial charge in [-0.05, 0) is 0 Å². The Morgan fingerprint density at radius 2 is 1.93 bits per heavy atom. The van der Waals surface area contributed by atoms with Gasteiger partial charge in [0.1, 0.15) is 27.0 Å². The van der Waals surface area contributed by atoms with E-state index in [1.807, 2.05) is 6.79 Å². The van der Waals surface area contributed by atoms with Crippen LogP contribution in [0.3, 0.4) is 0 Å². The number of aliphatic hydroxyl groups excluding tert-OH is 1. The summed E-state index contributed by atoms with van der Waals surface area (Å²) in [6.07, 6.45) is 0. The fourth-order valence-electron chi connectivity index (χ4n) is 1.64. The van der Waals surface area contributed by atoms with Crippen molar-refractivity contribution in [1.29, 1.82) is 0 Å². The molecule has 2 fully saturated rings. The summed E-state index contributed by atoms with van der Waals surface area (Å²) < 4.78 is 15.6. The Bertz CT molecular complexity index is 167. The van der Waals surface area contributed by atoms with Gasteiger partial charge in [0.15, 0.2) is 0 Å². The van der Waals surface area contributed by atoms with E-state index in [1.54, 1.807) is 0 Å². The minimum Gasteiger partial charge on any atom is -0.371 e. The number of nitrogens with zero attached hydrogens (tertiary/aromatic N) is 1. The first-order valence-electron chi connectivity index (χ1n) is 4.25. The van der Waals surface area contributed by atoms with Gasteiger partial charge in [-0.25, -0.2) is 4.90 Å². The van der Waals surface area contributed by atoms with E-state index in [0.29, 0.717) is 33.3 Å². The van der Waals surface area contributed by atoms with Crippen molar-refractivity contribution < 1.29 is 24.1 Å². The highest BCUT2D eigenvalue weighted by Gasteiger charge is 2.46. The Morgan fingerprint density at radius 1 is 1.36 bits per heavy atom. The molecule has 0 spiro atoms. The van der Waals surface area contributed by atoms with Crippen LogP contribution in [-0.4, -0.2) is 62.4 Å². The molecule has 0 radical (unpaired) electrons. The molecule has 0 aromatic carbocycles. The third kappa shape index (κ3) is 2.10. The summed E-state index contributed by atoms with van der Waals surface area (Å²) in [5.74, 6) is 0. The number of aliphatic hydroxyl groups is 1. The van der Waals surface area contributed by atoms with Gasteiger partial charge in [-0.1, -0.05) is 0 Å². The smallest absolute Gasteiger partial charge is 0.143 e. The maximum absolute atomic E-state index is 8.52. The number of rotatable bonds is 3. The van der Waals surface area contributed by atoms with E-state index in [4.69, 9.17) is 24.1 Å². The van der Waals surface area contributed by atoms with Crippen molar-refractivity contribution in [1.82, 2.24) is 4.90 Å². The second-order valence-corrected chi connectivity index (χ2v) is 3.20. The van der Waals surface area contributed by atoms with Crippen LogP contribution in [-0.2, 0) is 19.0 Å². The number of carbonyl (C=O) groups excluding carboxylic acids is 1. The van der Waals surface area contributed by atoms with Gasteiger partial charge in [-0.15, -0.1) is 0 Å². The maximum Gasteiger partial charge on any atom is 0.143 e. The van der Waals surface area contributed by atoms with Crippen molar-refractivity contribution in [3.8, 4) is 0 Å². The molecular weight excluding hydrogens is 190 g/mol. The normalized spacial score (nSPS) is 24.1. The van der Waals surface area contributed by atoms with Crippen molar-refractivity contribution >= 4 is 6.79 Å². The summed E-state index contributed by atoms with van der Waals surface area (Å²) in [5, 5.41) is 8.52.